The highest BCUT2D eigenvalue weighted by Gasteiger charge is 2.60. The Morgan fingerprint density at radius 1 is 1.30 bits per heavy atom. The van der Waals surface area contributed by atoms with Crippen molar-refractivity contribution in [2.45, 2.75) is 42.5 Å². The van der Waals surface area contributed by atoms with Crippen LogP contribution in [-0.2, 0) is 5.92 Å². The highest BCUT2D eigenvalue weighted by atomic mass is 79.9. The van der Waals surface area contributed by atoms with Gasteiger partial charge in [-0.25, -0.2) is 0 Å². The average Bonchev–Trinajstić information content (AvgIpc) is 2.68. The molecule has 0 aromatic carbocycles. The lowest BCUT2D eigenvalue weighted by Gasteiger charge is -2.38. The van der Waals surface area contributed by atoms with E-state index in [2.05, 4.69) is 15.9 Å². The van der Waals surface area contributed by atoms with Crippen molar-refractivity contribution in [1.82, 2.24) is 0 Å². The number of aliphatic hydroxyl groups excluding tert-OH is 1. The minimum atomic E-state index is -5.69. The fourth-order valence-corrected chi connectivity index (χ4v) is 3.46. The zero-order chi connectivity index (χ0) is 15.5. The van der Waals surface area contributed by atoms with Crippen molar-refractivity contribution < 1.29 is 31.8 Å². The number of hydrogen-bond donors (Lipinski definition) is 1. The summed E-state index contributed by atoms with van der Waals surface area (Å²) in [6.07, 6.45) is -6.90. The van der Waals surface area contributed by atoms with Crippen molar-refractivity contribution in [2.24, 2.45) is 0 Å². The van der Waals surface area contributed by atoms with Crippen molar-refractivity contribution in [3.63, 3.8) is 0 Å². The second kappa shape index (κ2) is 4.54. The van der Waals surface area contributed by atoms with Gasteiger partial charge in [0, 0.05) is 6.07 Å². The minimum Gasteiger partial charge on any atom is -0.485 e. The summed E-state index contributed by atoms with van der Waals surface area (Å²) in [5, 5.41) is 10.0. The average molecular weight is 381 g/mol. The predicted molar refractivity (Wildman–Crippen MR) is 66.6 cm³/mol. The molecule has 1 aromatic rings. The first-order valence-electron chi connectivity index (χ1n) is 5.48. The molecule has 114 valence electrons. The first-order valence-corrected chi connectivity index (χ1v) is 7.21. The predicted octanol–water partition coefficient (Wildman–Crippen LogP) is 4.37. The van der Waals surface area contributed by atoms with E-state index in [1.807, 2.05) is 0 Å². The second-order valence-corrected chi connectivity index (χ2v) is 7.03. The molecule has 20 heavy (non-hydrogen) atoms. The van der Waals surface area contributed by atoms with E-state index in [0.29, 0.717) is 6.07 Å². The van der Waals surface area contributed by atoms with Gasteiger partial charge in [0.15, 0.2) is 0 Å². The van der Waals surface area contributed by atoms with Crippen LogP contribution >= 0.6 is 27.3 Å². The summed E-state index contributed by atoms with van der Waals surface area (Å²) < 4.78 is 69.1. The number of hydrogen-bond acceptors (Lipinski definition) is 3. The molecule has 0 radical (unpaired) electrons. The fourth-order valence-electron chi connectivity index (χ4n) is 1.82. The highest BCUT2D eigenvalue weighted by Crippen LogP contribution is 2.53. The topological polar surface area (TPSA) is 29.5 Å². The van der Waals surface area contributed by atoms with Crippen LogP contribution < -0.4 is 4.74 Å². The van der Waals surface area contributed by atoms with Gasteiger partial charge in [-0.2, -0.15) is 22.0 Å². The Hall–Kier alpha value is -0.410. The summed E-state index contributed by atoms with van der Waals surface area (Å²) in [6.45, 7) is 3.19. The monoisotopic (exact) mass is 380 g/mol. The van der Waals surface area contributed by atoms with Gasteiger partial charge in [0.25, 0.3) is 0 Å². The summed E-state index contributed by atoms with van der Waals surface area (Å²) in [4.78, 5) is -1.84. The smallest absolute Gasteiger partial charge is 0.458 e. The third-order valence-corrected chi connectivity index (χ3v) is 5.83. The molecule has 0 saturated heterocycles. The van der Waals surface area contributed by atoms with Crippen molar-refractivity contribution in [2.75, 3.05) is 0 Å². The number of thiophene rings is 1. The van der Waals surface area contributed by atoms with E-state index in [0.717, 1.165) is 0 Å². The van der Waals surface area contributed by atoms with Crippen LogP contribution in [0.25, 0.3) is 0 Å². The normalized spacial score (nSPS) is 26.1. The molecule has 2 atom stereocenters. The molecule has 2 rings (SSSR count). The van der Waals surface area contributed by atoms with E-state index in [1.54, 1.807) is 13.8 Å². The quantitative estimate of drug-likeness (QED) is 0.578. The van der Waals surface area contributed by atoms with Crippen LogP contribution in [0.15, 0.2) is 6.07 Å². The number of rotatable bonds is 1. The molecule has 1 aliphatic rings. The van der Waals surface area contributed by atoms with Crippen molar-refractivity contribution >= 4 is 27.3 Å². The molecule has 9 heteroatoms. The summed E-state index contributed by atoms with van der Waals surface area (Å²) >= 11 is 3.37. The molecule has 1 aliphatic heterocycles. The lowest BCUT2D eigenvalue weighted by atomic mass is 9.96. The fraction of sp³-hybridized carbons (Fsp3) is 0.636. The van der Waals surface area contributed by atoms with Gasteiger partial charge < -0.3 is 9.84 Å². The zero-order valence-corrected chi connectivity index (χ0v) is 12.7. The largest absolute Gasteiger partial charge is 0.485 e. The summed E-state index contributed by atoms with van der Waals surface area (Å²) in [5.41, 5.74) is -0.932. The van der Waals surface area contributed by atoms with E-state index >= 15 is 0 Å². The number of ether oxygens (including phenoxy) is 1. The SMILES string of the molecule is CC1(C)Oc2cc(C(F)(F)C(F)(F)F)sc2C(O)C1Br. The Kier molecular flexibility index (Phi) is 3.63. The molecule has 0 saturated carbocycles. The molecular formula is C11H10BrF5O2S. The standard InChI is InChI=1S/C11H10BrF5O2S/c1-9(2)8(12)6(18)7-4(19-9)3-5(20-7)10(13,14)11(15,16)17/h3,6,8,18H,1-2H3. The number of aliphatic hydroxyl groups is 1. The van der Waals surface area contributed by atoms with Crippen LogP contribution in [0.3, 0.4) is 0 Å². The Labute approximate surface area is 123 Å². The Bertz CT molecular complexity index is 525. The number of halogens is 6. The molecule has 0 spiro atoms. The van der Waals surface area contributed by atoms with Crippen LogP contribution in [0.1, 0.15) is 29.7 Å². The molecule has 1 aromatic heterocycles. The van der Waals surface area contributed by atoms with Gasteiger partial charge in [0.2, 0.25) is 0 Å². The van der Waals surface area contributed by atoms with Gasteiger partial charge in [0.1, 0.15) is 17.5 Å². The Morgan fingerprint density at radius 2 is 1.85 bits per heavy atom. The maximum atomic E-state index is 13.3. The van der Waals surface area contributed by atoms with Crippen molar-refractivity contribution in [3.8, 4) is 5.75 Å². The van der Waals surface area contributed by atoms with Crippen LogP contribution in [0.4, 0.5) is 22.0 Å². The van der Waals surface area contributed by atoms with Gasteiger partial charge in [-0.15, -0.1) is 11.3 Å². The molecule has 0 aliphatic carbocycles. The molecule has 0 bridgehead atoms. The summed E-state index contributed by atoms with van der Waals surface area (Å²) in [5.74, 6) is -5.11. The van der Waals surface area contributed by atoms with E-state index in [4.69, 9.17) is 4.74 Å². The highest BCUT2D eigenvalue weighted by molar-refractivity contribution is 9.09. The third-order valence-electron chi connectivity index (χ3n) is 2.97. The van der Waals surface area contributed by atoms with E-state index in [1.165, 1.54) is 0 Å². The van der Waals surface area contributed by atoms with E-state index < -0.39 is 33.5 Å². The zero-order valence-electron chi connectivity index (χ0n) is 10.3. The maximum absolute atomic E-state index is 13.3. The van der Waals surface area contributed by atoms with Crippen molar-refractivity contribution in [1.29, 1.82) is 0 Å². The van der Waals surface area contributed by atoms with Gasteiger partial charge in [-0.3, -0.25) is 0 Å². The molecule has 2 heterocycles. The van der Waals surface area contributed by atoms with Gasteiger partial charge >= 0.3 is 12.1 Å². The molecular weight excluding hydrogens is 371 g/mol. The minimum absolute atomic E-state index is 0.0369. The summed E-state index contributed by atoms with van der Waals surface area (Å²) in [6, 6.07) is 0.650. The van der Waals surface area contributed by atoms with E-state index in [-0.39, 0.29) is 22.0 Å². The lowest BCUT2D eigenvalue weighted by molar-refractivity contribution is -0.287. The first-order chi connectivity index (χ1) is 8.88. The third kappa shape index (κ3) is 2.33. The number of fused-ring (bicyclic) bond motifs is 1. The van der Waals surface area contributed by atoms with Crippen LogP contribution in [0, 0.1) is 0 Å². The van der Waals surface area contributed by atoms with Crippen molar-refractivity contribution in [3.05, 3.63) is 15.8 Å². The molecule has 0 fully saturated rings. The maximum Gasteiger partial charge on any atom is 0.458 e. The van der Waals surface area contributed by atoms with Crippen LogP contribution in [0.2, 0.25) is 0 Å². The van der Waals surface area contributed by atoms with E-state index in [9.17, 15) is 27.1 Å². The number of alkyl halides is 6. The molecule has 1 N–H and O–H groups in total. The first kappa shape index (κ1) is 16.0. The Morgan fingerprint density at radius 3 is 2.35 bits per heavy atom. The van der Waals surface area contributed by atoms with Crippen LogP contribution in [0.5, 0.6) is 5.75 Å². The van der Waals surface area contributed by atoms with Gasteiger partial charge in [-0.1, -0.05) is 15.9 Å². The lowest BCUT2D eigenvalue weighted by Crippen LogP contribution is -2.44. The summed E-state index contributed by atoms with van der Waals surface area (Å²) in [7, 11) is 0. The second-order valence-electron chi connectivity index (χ2n) is 4.96. The molecule has 0 amide bonds. The molecule has 2 nitrogen and oxygen atoms in total. The van der Waals surface area contributed by atoms with Gasteiger partial charge in [0.05, 0.1) is 14.6 Å². The van der Waals surface area contributed by atoms with Gasteiger partial charge in [-0.05, 0) is 13.8 Å². The Balaban J connectivity index is 2.48. The molecule has 2 unspecified atom stereocenters. The van der Waals surface area contributed by atoms with Crippen LogP contribution in [-0.4, -0.2) is 21.7 Å².